The number of esters is 2. The Bertz CT molecular complexity index is 2380. The Hall–Kier alpha value is -6.65. The van der Waals surface area contributed by atoms with Crippen molar-refractivity contribution in [3.8, 4) is 0 Å². The summed E-state index contributed by atoms with van der Waals surface area (Å²) in [7, 11) is 5.89. The van der Waals surface area contributed by atoms with Crippen LogP contribution in [-0.4, -0.2) is 82.3 Å². The first kappa shape index (κ1) is 86.4. The summed E-state index contributed by atoms with van der Waals surface area (Å²) in [6, 6.07) is 0. The van der Waals surface area contributed by atoms with Gasteiger partial charge < -0.3 is 33.3 Å². The first-order valence-corrected chi connectivity index (χ1v) is 35.5. The maximum absolute atomic E-state index is 12.9. The van der Waals surface area contributed by atoms with Crippen LogP contribution in [-0.2, 0) is 33.3 Å². The molecule has 0 rings (SSSR count). The van der Waals surface area contributed by atoms with Gasteiger partial charge in [0.25, 0.3) is 0 Å². The number of aliphatic carboxylic acids is 1. The molecule has 0 amide bonds. The number of nitrogens with zero attached hydrogens (tertiary/aromatic N) is 1. The van der Waals surface area contributed by atoms with E-state index in [-0.39, 0.29) is 32.7 Å². The Morgan fingerprint density at radius 2 is 0.581 bits per heavy atom. The number of carboxylic acid groups (broad SMARTS) is 1. The smallest absolute Gasteiger partial charge is 0.306 e. The van der Waals surface area contributed by atoms with Crippen LogP contribution in [0.25, 0.3) is 0 Å². The van der Waals surface area contributed by atoms with Gasteiger partial charge in [-0.1, -0.05) is 277 Å². The molecule has 93 heavy (non-hydrogen) atoms. The number of ether oxygens (including phenoxy) is 4. The lowest BCUT2D eigenvalue weighted by Gasteiger charge is -2.26. The number of carboxylic acids is 1. The highest BCUT2D eigenvalue weighted by atomic mass is 16.7. The molecule has 0 saturated heterocycles. The van der Waals surface area contributed by atoms with Gasteiger partial charge in [0.05, 0.1) is 40.3 Å². The Labute approximate surface area is 568 Å². The van der Waals surface area contributed by atoms with Crippen molar-refractivity contribution in [2.24, 2.45) is 0 Å². The van der Waals surface area contributed by atoms with E-state index in [1.165, 1.54) is 0 Å². The molecule has 0 N–H and O–H groups in total. The lowest BCUT2D eigenvalue weighted by molar-refractivity contribution is -0.870. The second kappa shape index (κ2) is 71.2. The molecule has 0 bridgehead atoms. The average Bonchev–Trinajstić information content (AvgIpc) is 3.74. The van der Waals surface area contributed by atoms with E-state index >= 15 is 0 Å². The van der Waals surface area contributed by atoms with Crippen LogP contribution in [0.1, 0.15) is 219 Å². The van der Waals surface area contributed by atoms with Gasteiger partial charge in [0, 0.05) is 12.8 Å². The highest BCUT2D eigenvalue weighted by molar-refractivity contribution is 5.70. The summed E-state index contributed by atoms with van der Waals surface area (Å²) in [6.07, 6.45) is 111. The van der Waals surface area contributed by atoms with E-state index in [1.54, 1.807) is 0 Å². The van der Waals surface area contributed by atoms with Crippen LogP contribution in [0.4, 0.5) is 0 Å². The molecule has 0 aliphatic rings. The van der Waals surface area contributed by atoms with Crippen LogP contribution in [0.5, 0.6) is 0 Å². The van der Waals surface area contributed by atoms with E-state index in [9.17, 15) is 19.5 Å². The van der Waals surface area contributed by atoms with E-state index in [4.69, 9.17) is 18.9 Å². The van der Waals surface area contributed by atoms with Crippen molar-refractivity contribution in [3.05, 3.63) is 231 Å². The first-order valence-electron chi connectivity index (χ1n) is 35.5. The van der Waals surface area contributed by atoms with Gasteiger partial charge >= 0.3 is 11.9 Å². The summed E-state index contributed by atoms with van der Waals surface area (Å²) < 4.78 is 22.7. The van der Waals surface area contributed by atoms with Crippen molar-refractivity contribution in [3.63, 3.8) is 0 Å². The van der Waals surface area contributed by atoms with Crippen molar-refractivity contribution in [2.45, 2.75) is 232 Å². The fraction of sp³-hybridized carbons (Fsp3) is 0.512. The zero-order valence-electron chi connectivity index (χ0n) is 58.8. The molecule has 9 heteroatoms. The Balaban J connectivity index is 4.33. The predicted molar refractivity (Wildman–Crippen MR) is 397 cm³/mol. The zero-order valence-corrected chi connectivity index (χ0v) is 58.8. The van der Waals surface area contributed by atoms with Crippen molar-refractivity contribution in [1.82, 2.24) is 0 Å². The molecule has 516 valence electrons. The highest BCUT2D eigenvalue weighted by Gasteiger charge is 2.22. The third-order valence-electron chi connectivity index (χ3n) is 13.9. The second-order valence-electron chi connectivity index (χ2n) is 23.7. The molecule has 0 aliphatic carbocycles. The van der Waals surface area contributed by atoms with E-state index in [0.717, 1.165) is 180 Å². The molecule has 9 nitrogen and oxygen atoms in total. The molecule has 0 radical (unpaired) electrons. The van der Waals surface area contributed by atoms with Crippen molar-refractivity contribution >= 4 is 17.9 Å². The van der Waals surface area contributed by atoms with Crippen LogP contribution in [0, 0.1) is 0 Å². The van der Waals surface area contributed by atoms with Crippen LogP contribution in [0.3, 0.4) is 0 Å². The number of quaternary nitrogens is 1. The molecular formula is C84H127NO8. The minimum atomic E-state index is -1.65. The van der Waals surface area contributed by atoms with Gasteiger partial charge in [-0.25, -0.2) is 0 Å². The Morgan fingerprint density at radius 3 is 0.860 bits per heavy atom. The van der Waals surface area contributed by atoms with Crippen LogP contribution >= 0.6 is 0 Å². The first-order chi connectivity index (χ1) is 45.6. The zero-order chi connectivity index (χ0) is 67.5. The second-order valence-corrected chi connectivity index (χ2v) is 23.7. The molecule has 0 aromatic carbocycles. The average molecular weight is 1280 g/mol. The molecule has 0 fully saturated rings. The van der Waals surface area contributed by atoms with E-state index in [2.05, 4.69) is 245 Å². The number of likely N-dealkylation sites (N-methyl/N-ethyl adjacent to an activating group) is 1. The summed E-state index contributed by atoms with van der Waals surface area (Å²) >= 11 is 0. The number of carbonyl (C=O) groups is 3. The lowest BCUT2D eigenvalue weighted by Crippen LogP contribution is -2.44. The molecule has 2 atom stereocenters. The summed E-state index contributed by atoms with van der Waals surface area (Å²) in [6.45, 7) is 4.43. The number of allylic oxidation sites excluding steroid dienone is 38. The monoisotopic (exact) mass is 1280 g/mol. The number of rotatable bonds is 62. The molecule has 0 aromatic heterocycles. The summed E-state index contributed by atoms with van der Waals surface area (Å²) in [5, 5.41) is 11.8. The quantitative estimate of drug-likeness (QED) is 0.0195. The number of hydrogen-bond donors (Lipinski definition) is 0. The predicted octanol–water partition coefficient (Wildman–Crippen LogP) is 21.3. The van der Waals surface area contributed by atoms with Gasteiger partial charge in [-0.2, -0.15) is 0 Å². The van der Waals surface area contributed by atoms with Crippen LogP contribution in [0.2, 0.25) is 0 Å². The number of hydrogen-bond acceptors (Lipinski definition) is 8. The highest BCUT2D eigenvalue weighted by Crippen LogP contribution is 2.13. The van der Waals surface area contributed by atoms with Crippen molar-refractivity contribution in [2.75, 3.05) is 47.5 Å². The number of unbranched alkanes of at least 4 members (excludes halogenated alkanes) is 9. The molecule has 0 saturated carbocycles. The van der Waals surface area contributed by atoms with Gasteiger partial charge in [-0.3, -0.25) is 9.59 Å². The van der Waals surface area contributed by atoms with Crippen molar-refractivity contribution < 1.29 is 42.9 Å². The Morgan fingerprint density at radius 1 is 0.323 bits per heavy atom. The van der Waals surface area contributed by atoms with Gasteiger partial charge in [-0.15, -0.1) is 0 Å². The van der Waals surface area contributed by atoms with Gasteiger partial charge in [0.1, 0.15) is 13.2 Å². The van der Waals surface area contributed by atoms with Crippen LogP contribution in [0.15, 0.2) is 231 Å². The minimum absolute atomic E-state index is 0.125. The third kappa shape index (κ3) is 72.6. The normalized spacial score (nSPS) is 14.1. The fourth-order valence-corrected chi connectivity index (χ4v) is 8.55. The summed E-state index contributed by atoms with van der Waals surface area (Å²) in [5.41, 5.74) is 0. The van der Waals surface area contributed by atoms with Gasteiger partial charge in [-0.05, 0) is 161 Å². The molecule has 0 aliphatic heterocycles. The lowest BCUT2D eigenvalue weighted by atomic mass is 10.1. The largest absolute Gasteiger partial charge is 0.545 e. The van der Waals surface area contributed by atoms with Crippen molar-refractivity contribution in [1.29, 1.82) is 0 Å². The SMILES string of the molecule is CC/C=C\C/C=C\C/C=C\C/C=C\C/C=C\C/C=C\C/C=C\C/C=C\C/C=C\C/C=C\CCCCCCC(=O)OC(COC(=O)CCCCCCC/C=C\C/C=C\C/C=C\C/C=C\C/C=C\C/C=C\C/C=C\C/C=C\C/C=C\CC)COC(OCC[N+](C)(C)C)C(=O)[O-]. The summed E-state index contributed by atoms with van der Waals surface area (Å²) in [5.74, 6) is -2.38. The van der Waals surface area contributed by atoms with E-state index in [0.29, 0.717) is 23.9 Å². The van der Waals surface area contributed by atoms with Crippen LogP contribution < -0.4 is 5.11 Å². The van der Waals surface area contributed by atoms with Gasteiger partial charge in [0.15, 0.2) is 12.4 Å². The molecular weight excluding hydrogens is 1150 g/mol. The molecule has 2 unspecified atom stereocenters. The molecule has 0 aromatic rings. The fourth-order valence-electron chi connectivity index (χ4n) is 8.55. The van der Waals surface area contributed by atoms with E-state index < -0.39 is 30.3 Å². The van der Waals surface area contributed by atoms with Gasteiger partial charge in [0.2, 0.25) is 0 Å². The summed E-state index contributed by atoms with van der Waals surface area (Å²) in [4.78, 5) is 37.5. The number of carbonyl (C=O) groups excluding carboxylic acids is 3. The molecule has 0 spiro atoms. The third-order valence-corrected chi connectivity index (χ3v) is 13.9. The molecule has 0 heterocycles. The maximum Gasteiger partial charge on any atom is 0.306 e. The Kier molecular flexibility index (Phi) is 66.1. The minimum Gasteiger partial charge on any atom is -0.545 e. The van der Waals surface area contributed by atoms with E-state index in [1.807, 2.05) is 21.1 Å². The standard InChI is InChI=1S/C84H127NO8/c1-6-8-10-12-14-16-18-20-22-24-26-28-30-32-34-36-38-40-41-43-45-47-49-51-53-55-57-59-61-63-65-67-69-71-73-75-82(87)93-80(79-92-84(83(88)89)90-77-76-85(3,4)5)78-91-81(86)74-72-70-68-66-64-62-60-58-56-54-52-50-48-46-44-42-39-37-35-33-31-29-27-25-23-21-19-17-15-13-11-9-7-2/h8-11,14-17,20-23,26-29,32-35,38-40,42-43,45-46,48-49,51-52,54-55,57-58,60-61,63,80,84H,6-7,12-13,18-19,24-25,30-31,36-37,41,44,47,50,53,56,59,62,64-79H2,1-5H3/b10-8-,11-9-,16-14-,17-15-,22-20-,23-21-,28-26-,29-27-,34-32-,35-33-,40-38-,42-39-,45-43-,48-46-,51-49-,54-52-,57-55-,60-58-,63-61-. The maximum atomic E-state index is 12.9. The topological polar surface area (TPSA) is 111 Å².